The van der Waals surface area contributed by atoms with E-state index in [0.717, 1.165) is 70.6 Å². The van der Waals surface area contributed by atoms with E-state index in [4.69, 9.17) is 9.84 Å². The lowest BCUT2D eigenvalue weighted by molar-refractivity contribution is -0.150. The molecule has 0 aromatic carbocycles. The van der Waals surface area contributed by atoms with Crippen LogP contribution in [0.15, 0.2) is 12.2 Å². The number of carbonyl (C=O) groups excluding carboxylic acids is 1. The summed E-state index contributed by atoms with van der Waals surface area (Å²) in [4.78, 5) is 23.5. The topological polar surface area (TPSA) is 63.6 Å². The molecule has 0 rings (SSSR count). The number of unbranched alkanes of at least 4 members (excludes halogenated alkanes) is 36. The van der Waals surface area contributed by atoms with Gasteiger partial charge in [0, 0.05) is 12.8 Å². The Morgan fingerprint density at radius 3 is 1.00 bits per heavy atom. The first-order valence-electron chi connectivity index (χ1n) is 25.2. The Balaban J connectivity index is 3.89. The van der Waals surface area contributed by atoms with E-state index in [0.29, 0.717) is 6.42 Å². The van der Waals surface area contributed by atoms with Gasteiger partial charge in [0.1, 0.15) is 6.10 Å². The van der Waals surface area contributed by atoms with Gasteiger partial charge in [0.2, 0.25) is 0 Å². The molecule has 0 saturated heterocycles. The molecule has 0 aliphatic heterocycles. The number of allylic oxidation sites excluding steroid dienone is 2. The van der Waals surface area contributed by atoms with Crippen LogP contribution in [-0.2, 0) is 14.3 Å². The van der Waals surface area contributed by atoms with Gasteiger partial charge in [-0.25, -0.2) is 0 Å². The summed E-state index contributed by atoms with van der Waals surface area (Å²) in [6, 6.07) is 0. The minimum atomic E-state index is -0.698. The van der Waals surface area contributed by atoms with E-state index < -0.39 is 5.97 Å². The van der Waals surface area contributed by atoms with Gasteiger partial charge in [0.05, 0.1) is 0 Å². The Morgan fingerprint density at radius 2 is 0.655 bits per heavy atom. The van der Waals surface area contributed by atoms with E-state index in [9.17, 15) is 9.59 Å². The highest BCUT2D eigenvalue weighted by atomic mass is 16.5. The molecule has 4 heteroatoms. The van der Waals surface area contributed by atoms with Gasteiger partial charge in [0.25, 0.3) is 0 Å². The maximum absolute atomic E-state index is 12.8. The summed E-state index contributed by atoms with van der Waals surface area (Å²) in [6.07, 6.45) is 59.8. The largest absolute Gasteiger partial charge is 0.481 e. The van der Waals surface area contributed by atoms with Gasteiger partial charge < -0.3 is 9.84 Å². The van der Waals surface area contributed by atoms with Crippen LogP contribution in [-0.4, -0.2) is 23.1 Å². The highest BCUT2D eigenvalue weighted by Crippen LogP contribution is 2.19. The number of ether oxygens (including phenoxy) is 1. The highest BCUT2D eigenvalue weighted by Gasteiger charge is 2.14. The van der Waals surface area contributed by atoms with Crippen molar-refractivity contribution in [2.45, 2.75) is 302 Å². The van der Waals surface area contributed by atoms with Crippen molar-refractivity contribution in [1.29, 1.82) is 0 Å². The van der Waals surface area contributed by atoms with E-state index in [2.05, 4.69) is 26.0 Å². The summed E-state index contributed by atoms with van der Waals surface area (Å²) < 4.78 is 6.05. The van der Waals surface area contributed by atoms with E-state index >= 15 is 0 Å². The van der Waals surface area contributed by atoms with Gasteiger partial charge in [-0.1, -0.05) is 231 Å². The first kappa shape index (κ1) is 53.7. The number of rotatable bonds is 47. The molecule has 1 N–H and O–H groups in total. The monoisotopic (exact) mass is 775 g/mol. The molecule has 4 nitrogen and oxygen atoms in total. The van der Waals surface area contributed by atoms with Crippen molar-refractivity contribution in [1.82, 2.24) is 0 Å². The Labute approximate surface area is 345 Å². The number of carboxylic acids is 1. The van der Waals surface area contributed by atoms with Crippen LogP contribution >= 0.6 is 0 Å². The van der Waals surface area contributed by atoms with Gasteiger partial charge in [-0.2, -0.15) is 0 Å². The van der Waals surface area contributed by atoms with Gasteiger partial charge in [-0.15, -0.1) is 0 Å². The van der Waals surface area contributed by atoms with Crippen molar-refractivity contribution in [2.24, 2.45) is 0 Å². The SMILES string of the molecule is CCCCCCCCCC/C=C\CCCCCC(CCCCCCCC(=O)O)OC(=O)CCCCCCCCCCCCCCCCCCCCCCCC. The smallest absolute Gasteiger partial charge is 0.306 e. The molecule has 1 atom stereocenters. The fourth-order valence-electron chi connectivity index (χ4n) is 8.01. The molecule has 0 aliphatic carbocycles. The average molecular weight is 775 g/mol. The van der Waals surface area contributed by atoms with Crippen LogP contribution in [0.2, 0.25) is 0 Å². The van der Waals surface area contributed by atoms with E-state index in [1.54, 1.807) is 0 Å². The zero-order valence-electron chi connectivity index (χ0n) is 37.5. The molecule has 0 bridgehead atoms. The van der Waals surface area contributed by atoms with Crippen LogP contribution in [0.25, 0.3) is 0 Å². The number of carbonyl (C=O) groups is 2. The molecule has 0 aliphatic rings. The van der Waals surface area contributed by atoms with Crippen molar-refractivity contribution in [3.8, 4) is 0 Å². The molecule has 0 amide bonds. The van der Waals surface area contributed by atoms with Crippen LogP contribution in [0, 0.1) is 0 Å². The summed E-state index contributed by atoms with van der Waals surface area (Å²) in [7, 11) is 0. The van der Waals surface area contributed by atoms with Crippen LogP contribution in [0.4, 0.5) is 0 Å². The van der Waals surface area contributed by atoms with Crippen molar-refractivity contribution in [3.63, 3.8) is 0 Å². The third kappa shape index (κ3) is 47.0. The number of carboxylic acid groups (broad SMARTS) is 1. The fourth-order valence-corrected chi connectivity index (χ4v) is 8.01. The molecule has 0 aromatic rings. The standard InChI is InChI=1S/C51H98O4/c1-3-5-7-9-11-13-15-17-19-20-21-22-23-24-25-27-29-31-33-35-40-44-48-51(54)55-49(46-42-38-36-39-43-47-50(52)53)45-41-37-34-32-30-28-26-18-16-14-12-10-8-6-4-2/h28,30,49H,3-27,29,31-48H2,1-2H3,(H,52,53)/b30-28-. The normalized spacial score (nSPS) is 12.2. The van der Waals surface area contributed by atoms with E-state index in [1.165, 1.54) is 199 Å². The maximum atomic E-state index is 12.8. The predicted molar refractivity (Wildman–Crippen MR) is 241 cm³/mol. The first-order chi connectivity index (χ1) is 27.1. The van der Waals surface area contributed by atoms with Gasteiger partial charge >= 0.3 is 11.9 Å². The lowest BCUT2D eigenvalue weighted by Gasteiger charge is -2.18. The molecule has 0 radical (unpaired) electrons. The second-order valence-corrected chi connectivity index (χ2v) is 17.4. The number of aliphatic carboxylic acids is 1. The van der Waals surface area contributed by atoms with E-state index in [1.807, 2.05) is 0 Å². The minimum absolute atomic E-state index is 0.00326. The Morgan fingerprint density at radius 1 is 0.382 bits per heavy atom. The molecule has 1 unspecified atom stereocenters. The van der Waals surface area contributed by atoms with Gasteiger partial charge in [-0.05, 0) is 64.2 Å². The second kappa shape index (κ2) is 47.1. The Kier molecular flexibility index (Phi) is 45.9. The molecular formula is C51H98O4. The van der Waals surface area contributed by atoms with Gasteiger partial charge in [-0.3, -0.25) is 9.59 Å². The summed E-state index contributed by atoms with van der Waals surface area (Å²) in [5.74, 6) is -0.694. The Hall–Kier alpha value is -1.32. The summed E-state index contributed by atoms with van der Waals surface area (Å²) in [5, 5.41) is 8.86. The fraction of sp³-hybridized carbons (Fsp3) is 0.922. The molecule has 326 valence electrons. The van der Waals surface area contributed by atoms with Gasteiger partial charge in [0.15, 0.2) is 0 Å². The third-order valence-electron chi connectivity index (χ3n) is 11.7. The lowest BCUT2D eigenvalue weighted by Crippen LogP contribution is -2.18. The predicted octanol–water partition coefficient (Wildman–Crippen LogP) is 17.7. The van der Waals surface area contributed by atoms with Crippen molar-refractivity contribution in [2.75, 3.05) is 0 Å². The van der Waals surface area contributed by atoms with Crippen LogP contribution < -0.4 is 0 Å². The molecule has 0 aromatic heterocycles. The average Bonchev–Trinajstić information content (AvgIpc) is 3.17. The van der Waals surface area contributed by atoms with Crippen molar-refractivity contribution < 1.29 is 19.4 Å². The zero-order chi connectivity index (χ0) is 40.0. The lowest BCUT2D eigenvalue weighted by atomic mass is 10.0. The minimum Gasteiger partial charge on any atom is -0.481 e. The van der Waals surface area contributed by atoms with Crippen molar-refractivity contribution >= 4 is 11.9 Å². The summed E-state index contributed by atoms with van der Waals surface area (Å²) in [6.45, 7) is 4.58. The number of esters is 1. The molecule has 0 heterocycles. The number of hydrogen-bond donors (Lipinski definition) is 1. The maximum Gasteiger partial charge on any atom is 0.306 e. The van der Waals surface area contributed by atoms with Crippen molar-refractivity contribution in [3.05, 3.63) is 12.2 Å². The summed E-state index contributed by atoms with van der Waals surface area (Å²) in [5.41, 5.74) is 0. The molecule has 0 saturated carbocycles. The quantitative estimate of drug-likeness (QED) is 0.0380. The zero-order valence-corrected chi connectivity index (χ0v) is 37.5. The molecule has 55 heavy (non-hydrogen) atoms. The number of hydrogen-bond acceptors (Lipinski definition) is 3. The third-order valence-corrected chi connectivity index (χ3v) is 11.7. The highest BCUT2D eigenvalue weighted by molar-refractivity contribution is 5.69. The Bertz CT molecular complexity index is 792. The van der Waals surface area contributed by atoms with Crippen LogP contribution in [0.3, 0.4) is 0 Å². The summed E-state index contributed by atoms with van der Waals surface area (Å²) >= 11 is 0. The van der Waals surface area contributed by atoms with Crippen LogP contribution in [0.5, 0.6) is 0 Å². The first-order valence-corrected chi connectivity index (χ1v) is 25.2. The molecule has 0 fully saturated rings. The van der Waals surface area contributed by atoms with E-state index in [-0.39, 0.29) is 18.5 Å². The second-order valence-electron chi connectivity index (χ2n) is 17.4. The van der Waals surface area contributed by atoms with Crippen LogP contribution in [0.1, 0.15) is 296 Å². The molecular weight excluding hydrogens is 677 g/mol. The molecule has 0 spiro atoms.